The topological polar surface area (TPSA) is 87.7 Å². The van der Waals surface area contributed by atoms with Gasteiger partial charge in [-0.15, -0.1) is 12.3 Å². The minimum atomic E-state index is -1.18. The lowest BCUT2D eigenvalue weighted by atomic mass is 10.2. The summed E-state index contributed by atoms with van der Waals surface area (Å²) in [7, 11) is 1.55. The molecule has 1 aromatic carbocycles. The van der Waals surface area contributed by atoms with Crippen LogP contribution < -0.4 is 10.6 Å². The van der Waals surface area contributed by atoms with E-state index in [0.717, 1.165) is 5.56 Å². The molecule has 0 heterocycles. The summed E-state index contributed by atoms with van der Waals surface area (Å²) in [5.74, 6) is 1.03. The molecule has 0 saturated heterocycles. The van der Waals surface area contributed by atoms with Crippen LogP contribution in [-0.4, -0.2) is 30.3 Å². The molecule has 0 aromatic heterocycles. The van der Waals surface area contributed by atoms with Crippen LogP contribution in [0.25, 0.3) is 0 Å². The zero-order chi connectivity index (χ0) is 15.0. The fraction of sp³-hybridized carbons (Fsp3) is 0.286. The van der Waals surface area contributed by atoms with Gasteiger partial charge < -0.3 is 20.5 Å². The Hall–Kier alpha value is -2.52. The smallest absolute Gasteiger partial charge is 0.327 e. The van der Waals surface area contributed by atoms with Gasteiger partial charge in [-0.05, 0) is 6.07 Å². The second-order valence-electron chi connectivity index (χ2n) is 3.99. The number of hydrogen-bond acceptors (Lipinski definition) is 3. The van der Waals surface area contributed by atoms with Gasteiger partial charge in [-0.25, -0.2) is 9.59 Å². The number of methoxy groups -OCH3 is 1. The zero-order valence-corrected chi connectivity index (χ0v) is 11.1. The summed E-state index contributed by atoms with van der Waals surface area (Å²) in [6, 6.07) is 5.33. The van der Waals surface area contributed by atoms with Gasteiger partial charge in [0.15, 0.2) is 0 Å². The second-order valence-corrected chi connectivity index (χ2v) is 3.99. The van der Waals surface area contributed by atoms with Crippen LogP contribution in [0.4, 0.5) is 10.5 Å². The molecular formula is C14H16N2O4. The SMILES string of the molecule is C#CCC(NC(=O)Nc1ccccc1COC)C(=O)O. The molecule has 1 atom stereocenters. The Balaban J connectivity index is 2.71. The summed E-state index contributed by atoms with van der Waals surface area (Å²) >= 11 is 0. The number of nitrogens with one attached hydrogen (secondary N) is 2. The highest BCUT2D eigenvalue weighted by atomic mass is 16.5. The maximum atomic E-state index is 11.8. The summed E-state index contributed by atoms with van der Waals surface area (Å²) in [5.41, 5.74) is 1.34. The number of carboxylic acid groups (broad SMARTS) is 1. The third-order valence-corrected chi connectivity index (χ3v) is 2.49. The number of urea groups is 1. The van der Waals surface area contributed by atoms with Gasteiger partial charge in [0.25, 0.3) is 0 Å². The number of carboxylic acids is 1. The van der Waals surface area contributed by atoms with Crippen LogP contribution >= 0.6 is 0 Å². The molecule has 3 N–H and O–H groups in total. The molecule has 106 valence electrons. The Morgan fingerprint density at radius 2 is 2.15 bits per heavy atom. The number of aliphatic carboxylic acids is 1. The summed E-state index contributed by atoms with van der Waals surface area (Å²) in [6.45, 7) is 0.336. The molecule has 0 aliphatic heterocycles. The van der Waals surface area contributed by atoms with Crippen LogP contribution in [0.15, 0.2) is 24.3 Å². The minimum Gasteiger partial charge on any atom is -0.480 e. The molecule has 0 spiro atoms. The molecule has 1 unspecified atom stereocenters. The molecule has 6 heteroatoms. The monoisotopic (exact) mass is 276 g/mol. The standard InChI is InChI=1S/C14H16N2O4/c1-3-6-12(13(17)18)16-14(19)15-11-8-5-4-7-10(11)9-20-2/h1,4-5,7-8,12H,6,9H2,2H3,(H,17,18)(H2,15,16,19). The van der Waals surface area contributed by atoms with Crippen LogP contribution in [0.1, 0.15) is 12.0 Å². The van der Waals surface area contributed by atoms with Crippen molar-refractivity contribution >= 4 is 17.7 Å². The molecule has 0 fully saturated rings. The van der Waals surface area contributed by atoms with Crippen molar-refractivity contribution in [2.75, 3.05) is 12.4 Å². The van der Waals surface area contributed by atoms with Gasteiger partial charge in [0, 0.05) is 24.8 Å². The van der Waals surface area contributed by atoms with Crippen molar-refractivity contribution < 1.29 is 19.4 Å². The number of terminal acetylenes is 1. The van der Waals surface area contributed by atoms with Crippen LogP contribution in [0.5, 0.6) is 0 Å². The Morgan fingerprint density at radius 3 is 2.75 bits per heavy atom. The Morgan fingerprint density at radius 1 is 1.45 bits per heavy atom. The lowest BCUT2D eigenvalue weighted by molar-refractivity contribution is -0.139. The molecule has 0 bridgehead atoms. The number of hydrogen-bond donors (Lipinski definition) is 3. The van der Waals surface area contributed by atoms with E-state index in [2.05, 4.69) is 16.6 Å². The van der Waals surface area contributed by atoms with E-state index in [0.29, 0.717) is 12.3 Å². The average molecular weight is 276 g/mol. The van der Waals surface area contributed by atoms with Crippen molar-refractivity contribution in [2.24, 2.45) is 0 Å². The summed E-state index contributed by atoms with van der Waals surface area (Å²) in [6.07, 6.45) is 4.98. The summed E-state index contributed by atoms with van der Waals surface area (Å²) in [4.78, 5) is 22.7. The highest BCUT2D eigenvalue weighted by Gasteiger charge is 2.19. The fourth-order valence-corrected chi connectivity index (χ4v) is 1.56. The lowest BCUT2D eigenvalue weighted by Crippen LogP contribution is -2.42. The molecule has 1 aromatic rings. The number of amides is 2. The zero-order valence-electron chi connectivity index (χ0n) is 11.1. The van der Waals surface area contributed by atoms with E-state index in [1.807, 2.05) is 6.07 Å². The number of carbonyl (C=O) groups is 2. The van der Waals surface area contributed by atoms with E-state index in [-0.39, 0.29) is 6.42 Å². The number of ether oxygens (including phenoxy) is 1. The van der Waals surface area contributed by atoms with Crippen molar-refractivity contribution in [1.29, 1.82) is 0 Å². The Labute approximate surface area is 117 Å². The number of anilines is 1. The molecule has 2 amide bonds. The van der Waals surface area contributed by atoms with Gasteiger partial charge >= 0.3 is 12.0 Å². The normalized spacial score (nSPS) is 11.2. The van der Waals surface area contributed by atoms with Crippen LogP contribution in [0.3, 0.4) is 0 Å². The van der Waals surface area contributed by atoms with Gasteiger partial charge in [-0.1, -0.05) is 18.2 Å². The van der Waals surface area contributed by atoms with Crippen molar-refractivity contribution in [3.8, 4) is 12.3 Å². The van der Waals surface area contributed by atoms with Crippen molar-refractivity contribution in [1.82, 2.24) is 5.32 Å². The van der Waals surface area contributed by atoms with Gasteiger partial charge in [-0.2, -0.15) is 0 Å². The predicted octanol–water partition coefficient (Wildman–Crippen LogP) is 1.43. The van der Waals surface area contributed by atoms with Crippen LogP contribution in [0, 0.1) is 12.3 Å². The number of rotatable bonds is 6. The van der Waals surface area contributed by atoms with Gasteiger partial charge in [-0.3, -0.25) is 0 Å². The molecule has 20 heavy (non-hydrogen) atoms. The summed E-state index contributed by atoms with van der Waals surface area (Å²) < 4.78 is 5.02. The first-order valence-electron chi connectivity index (χ1n) is 5.89. The first kappa shape index (κ1) is 15.5. The maximum absolute atomic E-state index is 11.8. The van der Waals surface area contributed by atoms with E-state index >= 15 is 0 Å². The number of carbonyl (C=O) groups excluding carboxylic acids is 1. The lowest BCUT2D eigenvalue weighted by Gasteiger charge is -2.14. The van der Waals surface area contributed by atoms with E-state index in [1.54, 1.807) is 25.3 Å². The van der Waals surface area contributed by atoms with Gasteiger partial charge in [0.05, 0.1) is 6.61 Å². The van der Waals surface area contributed by atoms with Gasteiger partial charge in [0.1, 0.15) is 6.04 Å². The molecule has 0 aliphatic rings. The molecule has 0 aliphatic carbocycles. The molecule has 1 rings (SSSR count). The van der Waals surface area contributed by atoms with Crippen LogP contribution in [0.2, 0.25) is 0 Å². The summed E-state index contributed by atoms with van der Waals surface area (Å²) in [5, 5.41) is 13.8. The highest BCUT2D eigenvalue weighted by molar-refractivity contribution is 5.92. The van der Waals surface area contributed by atoms with E-state index in [9.17, 15) is 9.59 Å². The van der Waals surface area contributed by atoms with E-state index in [1.165, 1.54) is 0 Å². The largest absolute Gasteiger partial charge is 0.480 e. The first-order chi connectivity index (χ1) is 9.58. The highest BCUT2D eigenvalue weighted by Crippen LogP contribution is 2.15. The van der Waals surface area contributed by atoms with Crippen molar-refractivity contribution in [2.45, 2.75) is 19.1 Å². The quantitative estimate of drug-likeness (QED) is 0.686. The molecular weight excluding hydrogens is 260 g/mol. The average Bonchev–Trinajstić information content (AvgIpc) is 2.40. The molecule has 6 nitrogen and oxygen atoms in total. The van der Waals surface area contributed by atoms with Crippen molar-refractivity contribution in [3.05, 3.63) is 29.8 Å². The van der Waals surface area contributed by atoms with E-state index < -0.39 is 18.0 Å². The van der Waals surface area contributed by atoms with Crippen LogP contribution in [-0.2, 0) is 16.1 Å². The minimum absolute atomic E-state index is 0.0809. The number of benzene rings is 1. The Kier molecular flexibility index (Phi) is 6.07. The second kappa shape index (κ2) is 7.81. The van der Waals surface area contributed by atoms with Gasteiger partial charge in [0.2, 0.25) is 0 Å². The number of para-hydroxylation sites is 1. The molecule has 0 saturated carbocycles. The maximum Gasteiger partial charge on any atom is 0.327 e. The van der Waals surface area contributed by atoms with Crippen molar-refractivity contribution in [3.63, 3.8) is 0 Å². The first-order valence-corrected chi connectivity index (χ1v) is 5.89. The van der Waals surface area contributed by atoms with E-state index in [4.69, 9.17) is 16.3 Å². The molecule has 0 radical (unpaired) electrons. The third-order valence-electron chi connectivity index (χ3n) is 2.49. The fourth-order valence-electron chi connectivity index (χ4n) is 1.56. The predicted molar refractivity (Wildman–Crippen MR) is 74.2 cm³/mol. The third kappa shape index (κ3) is 4.63. The Bertz CT molecular complexity index is 522.